The van der Waals surface area contributed by atoms with Gasteiger partial charge in [0.1, 0.15) is 0 Å². The highest BCUT2D eigenvalue weighted by Crippen LogP contribution is 2.12. The minimum atomic E-state index is 0.0508. The third-order valence-electron chi connectivity index (χ3n) is 4.10. The summed E-state index contributed by atoms with van der Waals surface area (Å²) in [5.41, 5.74) is 0. The van der Waals surface area contributed by atoms with E-state index in [9.17, 15) is 9.59 Å². The van der Waals surface area contributed by atoms with Gasteiger partial charge in [0, 0.05) is 44.8 Å². The van der Waals surface area contributed by atoms with Crippen molar-refractivity contribution in [3.8, 4) is 0 Å². The zero-order valence-corrected chi connectivity index (χ0v) is 14.2. The molecule has 1 fully saturated rings. The summed E-state index contributed by atoms with van der Waals surface area (Å²) in [6, 6.07) is 0.175. The van der Waals surface area contributed by atoms with Crippen molar-refractivity contribution >= 4 is 11.8 Å². The smallest absolute Gasteiger partial charge is 0.226 e. The van der Waals surface area contributed by atoms with Crippen LogP contribution >= 0.6 is 0 Å². The summed E-state index contributed by atoms with van der Waals surface area (Å²) in [5, 5.41) is 6.95. The average molecular weight is 322 g/mol. The maximum absolute atomic E-state index is 12.0. The van der Waals surface area contributed by atoms with Crippen LogP contribution in [0.3, 0.4) is 0 Å². The molecule has 2 rings (SSSR count). The van der Waals surface area contributed by atoms with Crippen molar-refractivity contribution in [2.75, 3.05) is 13.1 Å². The Labute approximate surface area is 136 Å². The van der Waals surface area contributed by atoms with Crippen LogP contribution in [0.5, 0.6) is 0 Å². The molecule has 0 aromatic carbocycles. The zero-order chi connectivity index (χ0) is 16.8. The van der Waals surface area contributed by atoms with Crippen molar-refractivity contribution in [1.29, 1.82) is 0 Å². The number of rotatable bonds is 6. The van der Waals surface area contributed by atoms with Crippen LogP contribution in [0.15, 0.2) is 4.52 Å². The Hall–Kier alpha value is -1.92. The molecule has 1 aliphatic rings. The summed E-state index contributed by atoms with van der Waals surface area (Å²) in [5.74, 6) is 1.71. The number of aromatic nitrogens is 2. The van der Waals surface area contributed by atoms with Gasteiger partial charge in [-0.05, 0) is 19.3 Å². The number of nitrogens with zero attached hydrogens (tertiary/aromatic N) is 3. The number of carbonyl (C=O) groups excluding carboxylic acids is 2. The van der Waals surface area contributed by atoms with Gasteiger partial charge in [0.05, 0.1) is 0 Å². The number of hydrogen-bond acceptors (Lipinski definition) is 5. The van der Waals surface area contributed by atoms with E-state index in [1.165, 1.54) is 0 Å². The number of likely N-dealkylation sites (tertiary alicyclic amines) is 1. The average Bonchev–Trinajstić information content (AvgIpc) is 2.97. The molecule has 1 aromatic rings. The van der Waals surface area contributed by atoms with E-state index >= 15 is 0 Å². The van der Waals surface area contributed by atoms with Gasteiger partial charge in [0.15, 0.2) is 5.82 Å². The number of nitrogens with one attached hydrogen (secondary N) is 1. The van der Waals surface area contributed by atoms with Crippen LogP contribution in [0, 0.1) is 0 Å². The molecule has 2 amide bonds. The predicted octanol–water partition coefficient (Wildman–Crippen LogP) is 1.64. The Bertz CT molecular complexity index is 533. The van der Waals surface area contributed by atoms with Gasteiger partial charge in [-0.2, -0.15) is 4.98 Å². The first kappa shape index (κ1) is 17.4. The second-order valence-electron chi connectivity index (χ2n) is 6.40. The highest BCUT2D eigenvalue weighted by atomic mass is 16.5. The lowest BCUT2D eigenvalue weighted by Crippen LogP contribution is -2.45. The summed E-state index contributed by atoms with van der Waals surface area (Å²) < 4.78 is 5.16. The monoisotopic (exact) mass is 322 g/mol. The summed E-state index contributed by atoms with van der Waals surface area (Å²) in [4.78, 5) is 29.4. The Morgan fingerprint density at radius 1 is 1.35 bits per heavy atom. The molecule has 7 heteroatoms. The highest BCUT2D eigenvalue weighted by molar-refractivity contribution is 5.76. The third kappa shape index (κ3) is 5.33. The van der Waals surface area contributed by atoms with Crippen molar-refractivity contribution in [2.45, 2.75) is 64.8 Å². The van der Waals surface area contributed by atoms with E-state index in [-0.39, 0.29) is 23.8 Å². The fourth-order valence-corrected chi connectivity index (χ4v) is 2.64. The summed E-state index contributed by atoms with van der Waals surface area (Å²) in [6.07, 6.45) is 3.42. The van der Waals surface area contributed by atoms with Crippen LogP contribution in [0.2, 0.25) is 0 Å². The second-order valence-corrected chi connectivity index (χ2v) is 6.40. The normalized spacial score (nSPS) is 15.9. The van der Waals surface area contributed by atoms with E-state index in [4.69, 9.17) is 4.52 Å². The Morgan fingerprint density at radius 3 is 2.61 bits per heavy atom. The molecule has 0 atom stereocenters. The molecule has 1 aliphatic heterocycles. The quantitative estimate of drug-likeness (QED) is 0.860. The van der Waals surface area contributed by atoms with Gasteiger partial charge in [-0.1, -0.05) is 19.0 Å². The fraction of sp³-hybridized carbons (Fsp3) is 0.750. The highest BCUT2D eigenvalue weighted by Gasteiger charge is 2.21. The van der Waals surface area contributed by atoms with E-state index in [1.807, 2.05) is 18.7 Å². The Kier molecular flexibility index (Phi) is 6.12. The maximum Gasteiger partial charge on any atom is 0.226 e. The van der Waals surface area contributed by atoms with Gasteiger partial charge in [-0.3, -0.25) is 9.59 Å². The number of amides is 2. The molecule has 0 unspecified atom stereocenters. The summed E-state index contributed by atoms with van der Waals surface area (Å²) >= 11 is 0. The Balaban J connectivity index is 1.64. The molecule has 7 nitrogen and oxygen atoms in total. The van der Waals surface area contributed by atoms with Crippen molar-refractivity contribution in [3.63, 3.8) is 0 Å². The first-order chi connectivity index (χ1) is 11.0. The largest absolute Gasteiger partial charge is 0.353 e. The molecule has 128 valence electrons. The van der Waals surface area contributed by atoms with E-state index in [1.54, 1.807) is 6.92 Å². The standard InChI is InChI=1S/C16H26N4O3/c1-11(2)16-18-15(23-19-16)6-4-5-14(22)17-13-7-9-20(10-8-13)12(3)21/h11,13H,4-10H2,1-3H3,(H,17,22). The first-order valence-electron chi connectivity index (χ1n) is 8.33. The summed E-state index contributed by atoms with van der Waals surface area (Å²) in [6.45, 7) is 7.06. The number of carbonyl (C=O) groups is 2. The topological polar surface area (TPSA) is 88.3 Å². The van der Waals surface area contributed by atoms with Crippen molar-refractivity contribution in [3.05, 3.63) is 11.7 Å². The predicted molar refractivity (Wildman–Crippen MR) is 84.7 cm³/mol. The van der Waals surface area contributed by atoms with E-state index in [0.717, 1.165) is 25.9 Å². The van der Waals surface area contributed by atoms with Crippen LogP contribution in [0.25, 0.3) is 0 Å². The van der Waals surface area contributed by atoms with E-state index in [0.29, 0.717) is 31.0 Å². The lowest BCUT2D eigenvalue weighted by Gasteiger charge is -2.31. The van der Waals surface area contributed by atoms with Gasteiger partial charge >= 0.3 is 0 Å². The van der Waals surface area contributed by atoms with E-state index in [2.05, 4.69) is 15.5 Å². The number of piperidine rings is 1. The van der Waals surface area contributed by atoms with Gasteiger partial charge in [-0.25, -0.2) is 0 Å². The molecular formula is C16H26N4O3. The molecule has 23 heavy (non-hydrogen) atoms. The van der Waals surface area contributed by atoms with Gasteiger partial charge < -0.3 is 14.7 Å². The number of hydrogen-bond donors (Lipinski definition) is 1. The molecule has 0 bridgehead atoms. The maximum atomic E-state index is 12.0. The second kappa shape index (κ2) is 8.08. The van der Waals surface area contributed by atoms with Crippen LogP contribution in [0.4, 0.5) is 0 Å². The molecule has 0 spiro atoms. The third-order valence-corrected chi connectivity index (χ3v) is 4.10. The van der Waals surface area contributed by atoms with Crippen LogP contribution < -0.4 is 5.32 Å². The Morgan fingerprint density at radius 2 is 2.04 bits per heavy atom. The molecular weight excluding hydrogens is 296 g/mol. The zero-order valence-electron chi connectivity index (χ0n) is 14.2. The molecule has 1 aromatic heterocycles. The lowest BCUT2D eigenvalue weighted by atomic mass is 10.0. The minimum Gasteiger partial charge on any atom is -0.353 e. The van der Waals surface area contributed by atoms with Gasteiger partial charge in [-0.15, -0.1) is 0 Å². The fourth-order valence-electron chi connectivity index (χ4n) is 2.64. The molecule has 1 N–H and O–H groups in total. The molecule has 2 heterocycles. The van der Waals surface area contributed by atoms with Gasteiger partial charge in [0.25, 0.3) is 0 Å². The molecule has 0 aliphatic carbocycles. The molecule has 0 saturated carbocycles. The summed E-state index contributed by atoms with van der Waals surface area (Å²) in [7, 11) is 0. The molecule has 1 saturated heterocycles. The minimum absolute atomic E-state index is 0.0508. The van der Waals surface area contributed by atoms with Crippen molar-refractivity contribution < 1.29 is 14.1 Å². The van der Waals surface area contributed by atoms with Gasteiger partial charge in [0.2, 0.25) is 17.7 Å². The SMILES string of the molecule is CC(=O)N1CCC(NC(=O)CCCc2nc(C(C)C)no2)CC1. The lowest BCUT2D eigenvalue weighted by molar-refractivity contribution is -0.130. The number of aryl methyl sites for hydroxylation is 1. The van der Waals surface area contributed by atoms with Crippen LogP contribution in [0.1, 0.15) is 64.1 Å². The van der Waals surface area contributed by atoms with E-state index < -0.39 is 0 Å². The van der Waals surface area contributed by atoms with Crippen molar-refractivity contribution in [1.82, 2.24) is 20.4 Å². The molecule has 0 radical (unpaired) electrons. The van der Waals surface area contributed by atoms with Crippen LogP contribution in [-0.2, 0) is 16.0 Å². The first-order valence-corrected chi connectivity index (χ1v) is 8.33. The van der Waals surface area contributed by atoms with Crippen molar-refractivity contribution in [2.24, 2.45) is 0 Å². The van der Waals surface area contributed by atoms with Crippen LogP contribution in [-0.4, -0.2) is 46.0 Å².